The molecule has 0 aliphatic carbocycles. The molecule has 2 N–H and O–H groups in total. The van der Waals surface area contributed by atoms with Gasteiger partial charge in [-0.15, -0.1) is 0 Å². The summed E-state index contributed by atoms with van der Waals surface area (Å²) in [5.74, 6) is -1.72. The number of nitrogens with zero attached hydrogens (tertiary/aromatic N) is 2. The van der Waals surface area contributed by atoms with Gasteiger partial charge in [-0.05, 0) is 12.0 Å². The number of aliphatic carboxylic acids is 1. The van der Waals surface area contributed by atoms with Gasteiger partial charge in [-0.25, -0.2) is 4.79 Å². The van der Waals surface area contributed by atoms with Crippen molar-refractivity contribution in [2.75, 3.05) is 0 Å². The smallest absolute Gasteiger partial charge is 0.334 e. The minimum Gasteiger partial charge on any atom is -0.479 e. The van der Waals surface area contributed by atoms with E-state index >= 15 is 0 Å². The van der Waals surface area contributed by atoms with Crippen LogP contribution in [-0.2, 0) is 17.4 Å². The first-order chi connectivity index (χ1) is 10.4. The van der Waals surface area contributed by atoms with Gasteiger partial charge >= 0.3 is 5.97 Å². The lowest BCUT2D eigenvalue weighted by Crippen LogP contribution is -2.51. The first-order valence-electron chi connectivity index (χ1n) is 6.71. The van der Waals surface area contributed by atoms with E-state index in [1.54, 1.807) is 44.3 Å². The molecule has 1 aromatic heterocycles. The zero-order valence-corrected chi connectivity index (χ0v) is 13.0. The highest BCUT2D eigenvalue weighted by atomic mass is 35.5. The zero-order chi connectivity index (χ0) is 16.3. The Labute approximate surface area is 132 Å². The lowest BCUT2D eigenvalue weighted by atomic mass is 9.87. The van der Waals surface area contributed by atoms with E-state index in [-0.39, 0.29) is 17.1 Å². The van der Waals surface area contributed by atoms with Crippen LogP contribution in [0.25, 0.3) is 0 Å². The van der Waals surface area contributed by atoms with Gasteiger partial charge in [0.1, 0.15) is 5.69 Å². The van der Waals surface area contributed by atoms with Crippen LogP contribution in [0.5, 0.6) is 0 Å². The normalized spacial score (nSPS) is 13.4. The van der Waals surface area contributed by atoms with Crippen LogP contribution in [0.2, 0.25) is 5.02 Å². The van der Waals surface area contributed by atoms with Crippen LogP contribution in [0.1, 0.15) is 29.4 Å². The van der Waals surface area contributed by atoms with Crippen LogP contribution < -0.4 is 5.32 Å². The van der Waals surface area contributed by atoms with Crippen molar-refractivity contribution < 1.29 is 14.7 Å². The first kappa shape index (κ1) is 16.0. The minimum absolute atomic E-state index is 0.122. The molecule has 116 valence electrons. The summed E-state index contributed by atoms with van der Waals surface area (Å²) >= 11 is 5.95. The van der Waals surface area contributed by atoms with Gasteiger partial charge in [0.2, 0.25) is 0 Å². The maximum absolute atomic E-state index is 12.5. The van der Waals surface area contributed by atoms with Crippen molar-refractivity contribution >= 4 is 23.5 Å². The van der Waals surface area contributed by atoms with E-state index < -0.39 is 17.4 Å². The van der Waals surface area contributed by atoms with E-state index in [1.807, 2.05) is 0 Å². The number of halogens is 1. The third-order valence-electron chi connectivity index (χ3n) is 3.60. The number of amides is 1. The van der Waals surface area contributed by atoms with Crippen LogP contribution in [0.4, 0.5) is 0 Å². The van der Waals surface area contributed by atoms with Crippen LogP contribution in [-0.4, -0.2) is 26.8 Å². The summed E-state index contributed by atoms with van der Waals surface area (Å²) in [6.07, 6.45) is 1.53. The van der Waals surface area contributed by atoms with Gasteiger partial charge in [-0.1, -0.05) is 48.9 Å². The second-order valence-corrected chi connectivity index (χ2v) is 5.26. The fourth-order valence-corrected chi connectivity index (χ4v) is 2.59. The number of carboxylic acids is 1. The number of carbonyl (C=O) groups is 2. The highest BCUT2D eigenvalue weighted by Crippen LogP contribution is 2.27. The number of hydrogen-bond acceptors (Lipinski definition) is 3. The predicted octanol–water partition coefficient (Wildman–Crippen LogP) is 2.19. The number of hydrogen-bond donors (Lipinski definition) is 2. The van der Waals surface area contributed by atoms with Crippen molar-refractivity contribution in [1.29, 1.82) is 0 Å². The monoisotopic (exact) mass is 321 g/mol. The van der Waals surface area contributed by atoms with Gasteiger partial charge in [-0.3, -0.25) is 9.48 Å². The highest BCUT2D eigenvalue weighted by Gasteiger charge is 2.41. The third-order valence-corrected chi connectivity index (χ3v) is 3.87. The molecule has 1 heterocycles. The molecular formula is C15H16ClN3O3. The molecule has 0 aliphatic heterocycles. The largest absolute Gasteiger partial charge is 0.479 e. The first-order valence-corrected chi connectivity index (χ1v) is 7.09. The van der Waals surface area contributed by atoms with Crippen molar-refractivity contribution in [2.24, 2.45) is 7.05 Å². The maximum Gasteiger partial charge on any atom is 0.334 e. The summed E-state index contributed by atoms with van der Waals surface area (Å²) in [4.78, 5) is 24.3. The van der Waals surface area contributed by atoms with E-state index in [0.29, 0.717) is 5.56 Å². The van der Waals surface area contributed by atoms with Crippen LogP contribution in [0.3, 0.4) is 0 Å². The quantitative estimate of drug-likeness (QED) is 0.884. The maximum atomic E-state index is 12.5. The molecule has 0 spiro atoms. The Bertz CT molecular complexity index is 680. The van der Waals surface area contributed by atoms with Gasteiger partial charge in [0.15, 0.2) is 5.54 Å². The van der Waals surface area contributed by atoms with Crippen molar-refractivity contribution in [3.8, 4) is 0 Å². The molecule has 2 aromatic rings. The van der Waals surface area contributed by atoms with Crippen LogP contribution >= 0.6 is 11.6 Å². The SMILES string of the molecule is CCC(NC(=O)c1c(Cl)cnn1C)(C(=O)O)c1ccccc1. The topological polar surface area (TPSA) is 84.2 Å². The number of aryl methyl sites for hydroxylation is 1. The Morgan fingerprint density at radius 3 is 2.45 bits per heavy atom. The number of aromatic nitrogens is 2. The van der Waals surface area contributed by atoms with E-state index in [4.69, 9.17) is 11.6 Å². The summed E-state index contributed by atoms with van der Waals surface area (Å²) in [5, 5.41) is 16.3. The summed E-state index contributed by atoms with van der Waals surface area (Å²) in [5.41, 5.74) is -0.903. The fourth-order valence-electron chi connectivity index (χ4n) is 2.33. The molecule has 7 heteroatoms. The van der Waals surface area contributed by atoms with Crippen molar-refractivity contribution in [2.45, 2.75) is 18.9 Å². The van der Waals surface area contributed by atoms with Gasteiger partial charge in [0.25, 0.3) is 5.91 Å². The van der Waals surface area contributed by atoms with E-state index in [0.717, 1.165) is 0 Å². The summed E-state index contributed by atoms with van der Waals surface area (Å²) in [7, 11) is 1.57. The van der Waals surface area contributed by atoms with Gasteiger partial charge in [0, 0.05) is 7.05 Å². The fraction of sp³-hybridized carbons (Fsp3) is 0.267. The minimum atomic E-state index is -1.52. The molecule has 0 saturated heterocycles. The molecule has 1 aromatic carbocycles. The standard InChI is InChI=1S/C15H16ClN3O3/c1-3-15(14(21)22,10-7-5-4-6-8-10)18-13(20)12-11(16)9-17-19(12)2/h4-9H,3H2,1-2H3,(H,18,20)(H,21,22). The number of rotatable bonds is 5. The Morgan fingerprint density at radius 2 is 2.00 bits per heavy atom. The van der Waals surface area contributed by atoms with Gasteiger partial charge < -0.3 is 10.4 Å². The summed E-state index contributed by atoms with van der Waals surface area (Å²) < 4.78 is 1.31. The molecule has 0 radical (unpaired) electrons. The second-order valence-electron chi connectivity index (χ2n) is 4.85. The molecule has 1 atom stereocenters. The Hall–Kier alpha value is -2.34. The summed E-state index contributed by atoms with van der Waals surface area (Å²) in [6.45, 7) is 1.70. The van der Waals surface area contributed by atoms with Crippen LogP contribution in [0.15, 0.2) is 36.5 Å². The molecule has 0 saturated carbocycles. The molecule has 1 unspecified atom stereocenters. The molecule has 0 bridgehead atoms. The average Bonchev–Trinajstić information content (AvgIpc) is 2.84. The highest BCUT2D eigenvalue weighted by molar-refractivity contribution is 6.33. The Morgan fingerprint density at radius 1 is 1.36 bits per heavy atom. The van der Waals surface area contributed by atoms with E-state index in [2.05, 4.69) is 10.4 Å². The lowest BCUT2D eigenvalue weighted by Gasteiger charge is -2.30. The molecule has 1 amide bonds. The Kier molecular flexibility index (Phi) is 4.51. The average molecular weight is 322 g/mol. The lowest BCUT2D eigenvalue weighted by molar-refractivity contribution is -0.145. The number of carbonyl (C=O) groups excluding carboxylic acids is 1. The second kappa shape index (κ2) is 6.19. The van der Waals surface area contributed by atoms with E-state index in [9.17, 15) is 14.7 Å². The number of benzene rings is 1. The molecule has 0 aliphatic rings. The molecule has 0 fully saturated rings. The van der Waals surface area contributed by atoms with Gasteiger partial charge in [0.05, 0.1) is 11.2 Å². The van der Waals surface area contributed by atoms with E-state index in [1.165, 1.54) is 10.9 Å². The molecular weight excluding hydrogens is 306 g/mol. The molecule has 2 rings (SSSR count). The molecule has 6 nitrogen and oxygen atoms in total. The zero-order valence-electron chi connectivity index (χ0n) is 12.2. The van der Waals surface area contributed by atoms with Crippen molar-refractivity contribution in [3.63, 3.8) is 0 Å². The molecule has 22 heavy (non-hydrogen) atoms. The van der Waals surface area contributed by atoms with Crippen molar-refractivity contribution in [1.82, 2.24) is 15.1 Å². The predicted molar refractivity (Wildman–Crippen MR) is 81.7 cm³/mol. The number of nitrogens with one attached hydrogen (secondary N) is 1. The van der Waals surface area contributed by atoms with Gasteiger partial charge in [-0.2, -0.15) is 5.10 Å². The van der Waals surface area contributed by atoms with Crippen molar-refractivity contribution in [3.05, 3.63) is 52.8 Å². The third kappa shape index (κ3) is 2.69. The summed E-state index contributed by atoms with van der Waals surface area (Å²) in [6, 6.07) is 8.58. The number of carboxylic acid groups (broad SMARTS) is 1. The Balaban J connectivity index is 2.44. The van der Waals surface area contributed by atoms with Crippen LogP contribution in [0, 0.1) is 0 Å².